The third-order valence-electron chi connectivity index (χ3n) is 12.8. The van der Waals surface area contributed by atoms with Gasteiger partial charge in [-0.05, 0) is 77.4 Å². The number of methoxy groups -OCH3 is 5. The zero-order chi connectivity index (χ0) is 101. The molecule has 882 valence electrons. The van der Waals surface area contributed by atoms with Crippen LogP contribution in [0.2, 0.25) is 45.3 Å². The van der Waals surface area contributed by atoms with Crippen LogP contribution in [0.25, 0.3) is 0 Å². The van der Waals surface area contributed by atoms with Crippen LogP contribution in [-0.4, -0.2) is 267 Å². The van der Waals surface area contributed by atoms with Crippen LogP contribution in [0, 0.1) is 0 Å². The number of rotatable bonds is 64. The third-order valence-corrected chi connectivity index (χ3v) is 23.4. The Balaban J connectivity index is -0.0000000471. The van der Waals surface area contributed by atoms with Crippen LogP contribution in [0.15, 0.2) is 127 Å². The van der Waals surface area contributed by atoms with Crippen LogP contribution in [0.5, 0.6) is 0 Å². The van der Waals surface area contributed by atoms with Gasteiger partial charge in [-0.1, -0.05) is 172 Å². The van der Waals surface area contributed by atoms with Crippen LogP contribution >= 0.6 is 0 Å². The maximum atomic E-state index is 15.0. The lowest BCUT2D eigenvalue weighted by Gasteiger charge is -2.40. The minimum absolute atomic E-state index is 0. The highest BCUT2D eigenvalue weighted by Crippen LogP contribution is 2.33. The number of halogens is 27. The lowest BCUT2D eigenvalue weighted by molar-refractivity contribution is -0.341. The van der Waals surface area contributed by atoms with Gasteiger partial charge in [0.15, 0.2) is 15.0 Å². The molecule has 0 aliphatic carbocycles. The molecule has 0 fully saturated rings. The number of hydrogen-bond donors (Lipinski definition) is 0. The van der Waals surface area contributed by atoms with E-state index in [1.807, 2.05) is 26.2 Å². The van der Waals surface area contributed by atoms with Crippen LogP contribution in [0.1, 0.15) is 208 Å². The number of hydrogen-bond acceptors (Lipinski definition) is 18. The Morgan fingerprint density at radius 1 is 0.225 bits per heavy atom. The molecule has 0 aliphatic rings. The Morgan fingerprint density at radius 3 is 0.599 bits per heavy atom. The van der Waals surface area contributed by atoms with E-state index in [0.29, 0.717) is 46.2 Å². The van der Waals surface area contributed by atoms with Gasteiger partial charge in [-0.3, -0.25) is 41.2 Å². The molecule has 0 amide bonds. The molecule has 0 spiro atoms. The van der Waals surface area contributed by atoms with Crippen LogP contribution < -0.4 is 0 Å². The van der Waals surface area contributed by atoms with Gasteiger partial charge < -0.3 is 60.0 Å². The zero-order valence-corrected chi connectivity index (χ0v) is 77.6. The maximum Gasteiger partial charge on any atom is 0.522 e. The van der Waals surface area contributed by atoms with E-state index in [1.54, 1.807) is 35.5 Å². The fraction of sp³-hybridized carbons (Fsp3) is 0.787. The molecular weight excluding hydrogens is 2010 g/mol. The minimum atomic E-state index is -5.14. The molecule has 0 heterocycles. The molecule has 0 aromatic rings. The van der Waals surface area contributed by atoms with E-state index in [1.165, 1.54) is 60.8 Å². The Morgan fingerprint density at radius 2 is 0.423 bits per heavy atom. The second-order valence-electron chi connectivity index (χ2n) is 26.4. The molecule has 0 aliphatic heterocycles. The molecule has 0 aromatic carbocycles. The van der Waals surface area contributed by atoms with Gasteiger partial charge in [-0.25, -0.2) is 35.1 Å². The van der Waals surface area contributed by atoms with E-state index in [0.717, 1.165) is 12.5 Å². The summed E-state index contributed by atoms with van der Waals surface area (Å²) in [4.78, 5) is 0. The molecule has 0 atom stereocenters. The molecule has 48 heteroatoms. The fourth-order valence-corrected chi connectivity index (χ4v) is 21.4. The van der Waals surface area contributed by atoms with E-state index in [4.69, 9.17) is 60.0 Å². The molecule has 0 saturated carbocycles. The van der Waals surface area contributed by atoms with Gasteiger partial charge in [-0.2, -0.15) is 0 Å². The highest BCUT2D eigenvalue weighted by Gasteiger charge is 2.46. The van der Waals surface area contributed by atoms with E-state index >= 15 is 4.39 Å². The topological polar surface area (TPSA) is 166 Å². The first-order chi connectivity index (χ1) is 58.5. The van der Waals surface area contributed by atoms with Gasteiger partial charge in [0.05, 0.1) is 119 Å². The van der Waals surface area contributed by atoms with Crippen molar-refractivity contribution >= 4 is 25.4 Å². The average Bonchev–Trinajstić information content (AvgIpc) is 0.815. The first kappa shape index (κ1) is 202. The molecule has 142 heavy (non-hydrogen) atoms. The predicted molar refractivity (Wildman–Crippen MR) is 541 cm³/mol. The second-order valence-corrected chi connectivity index (χ2v) is 37.8. The summed E-state index contributed by atoms with van der Waals surface area (Å²) in [5.41, 5.74) is 0. The van der Waals surface area contributed by atoms with E-state index in [2.05, 4.69) is 103 Å². The van der Waals surface area contributed by atoms with Crippen molar-refractivity contribution < 1.29 is 202 Å². The van der Waals surface area contributed by atoms with Crippen molar-refractivity contribution in [3.05, 3.63) is 127 Å². The summed E-state index contributed by atoms with van der Waals surface area (Å²) in [5, 5.41) is 0. The van der Waals surface area contributed by atoms with Crippen molar-refractivity contribution in [3.63, 3.8) is 0 Å². The van der Waals surface area contributed by atoms with Gasteiger partial charge in [0.1, 0.15) is 6.61 Å². The summed E-state index contributed by atoms with van der Waals surface area (Å²) < 4.78 is 398. The van der Waals surface area contributed by atoms with Gasteiger partial charge >= 0.3 is 48.9 Å². The second kappa shape index (κ2) is 120. The highest BCUT2D eigenvalue weighted by molar-refractivity contribution is 6.86. The minimum Gasteiger partial charge on any atom is -0.436 e. The van der Waals surface area contributed by atoms with Gasteiger partial charge in [0.25, 0.3) is 5.92 Å². The summed E-state index contributed by atoms with van der Waals surface area (Å²) >= 11 is 0. The molecule has 0 bridgehead atoms. The molecular formula is C94H197F27O18Si3. The Bertz CT molecular complexity index is 2320. The highest BCUT2D eigenvalue weighted by atomic mass is 28.5. The fourth-order valence-electron chi connectivity index (χ4n) is 8.19. The SMILES string of the molecule is C.C.C.C.C.C.C.C.C.C.C.C.C.C.C.C=CCC(F)(CC=C)OCCOC.C=CCC(F)(CC=C)OCCOC.C=CCC(F)(CC=C)OCCOC.C=CCC(F)(CC=C)OCCOC.C=CCC(F)(CC=C)O[Si](C)(C)O[Si](C)(C)O[Si](C)(C)CCCOCCOC.FCC(F)(F)COC(F)(F)F.FCCCOC(F)(F)F.FCCCOC(F)(F)F.FCCCOC(F)(F)F.FCCCOC(F)(F)F. The largest absolute Gasteiger partial charge is 0.522 e. The summed E-state index contributed by atoms with van der Waals surface area (Å²) in [6, 6.07) is 0.975. The van der Waals surface area contributed by atoms with E-state index < -0.39 is 159 Å². The lowest BCUT2D eigenvalue weighted by atomic mass is 10.1. The average molecular weight is 2210 g/mol. The summed E-state index contributed by atoms with van der Waals surface area (Å²) in [7, 11) is 0.683. The first-order valence-corrected chi connectivity index (χ1v) is 47.2. The van der Waals surface area contributed by atoms with Crippen molar-refractivity contribution in [1.82, 2.24) is 0 Å². The summed E-state index contributed by atoms with van der Waals surface area (Å²) in [6.45, 7) is 41.9. The standard InChI is InChI=1S/C19H41FO5Si3.4C10H17FO2.C4H4F6O.4C4H6F4O.15CH4/c1-10-13-19(20,14-11-2)23-27(6,7)25-28(8,9)24-26(4,5)18-12-15-22-17-16-21-3;4*1-4-6-10(11,7-5-2)13-9-8-12-3;5-1-3(6,7)2-11-4(8,9)10;4*5-2-1-3-9-4(6,7)8;;;;;;;;;;;;;;;/h10-11H,1-2,12-18H2,3-9H3;4*4-5H,1-2,6-9H2,3H3;1-2H2;4*1-3H2;15*1H4. The Kier molecular flexibility index (Phi) is 171. The molecule has 0 rings (SSSR count). The van der Waals surface area contributed by atoms with Crippen molar-refractivity contribution in [2.75, 3.05) is 175 Å². The van der Waals surface area contributed by atoms with E-state index in [9.17, 15) is 114 Å². The van der Waals surface area contributed by atoms with Crippen molar-refractivity contribution in [2.45, 2.75) is 320 Å². The Hall–Kier alpha value is -4.56. The molecule has 0 radical (unpaired) electrons. The predicted octanol–water partition coefficient (Wildman–Crippen LogP) is 34.6. The van der Waals surface area contributed by atoms with Gasteiger partial charge in [-0.15, -0.1) is 132 Å². The first-order valence-electron chi connectivity index (χ1n) is 38.5. The third kappa shape index (κ3) is 169. The molecule has 0 aromatic heterocycles. The van der Waals surface area contributed by atoms with Crippen molar-refractivity contribution in [2.24, 2.45) is 0 Å². The monoisotopic (exact) mass is 2210 g/mol. The van der Waals surface area contributed by atoms with Crippen molar-refractivity contribution in [1.29, 1.82) is 0 Å². The van der Waals surface area contributed by atoms with Crippen LogP contribution in [-0.2, 0) is 83.7 Å². The molecule has 18 nitrogen and oxygen atoms in total. The maximum absolute atomic E-state index is 15.0. The van der Waals surface area contributed by atoms with Gasteiger partial charge in [0.2, 0.25) is 29.3 Å². The number of ether oxygens (including phenoxy) is 15. The smallest absolute Gasteiger partial charge is 0.436 e. The quantitative estimate of drug-likeness (QED) is 0.0244. The van der Waals surface area contributed by atoms with Crippen molar-refractivity contribution in [3.8, 4) is 0 Å². The van der Waals surface area contributed by atoms with Gasteiger partial charge in [0, 0.05) is 106 Å². The Labute approximate surface area is 845 Å². The normalized spacial score (nSPS) is 10.9. The molecule has 0 N–H and O–H groups in total. The lowest BCUT2D eigenvalue weighted by Crippen LogP contribution is -2.55. The molecule has 0 unspecified atom stereocenters. The van der Waals surface area contributed by atoms with Crippen LogP contribution in [0.3, 0.4) is 0 Å². The van der Waals surface area contributed by atoms with E-state index in [-0.39, 0.29) is 228 Å². The summed E-state index contributed by atoms with van der Waals surface area (Å²) in [6.07, 6.45) is -6.92. The van der Waals surface area contributed by atoms with Crippen LogP contribution in [0.4, 0.5) is 119 Å². The number of alkyl halides is 27. The zero-order valence-electron chi connectivity index (χ0n) is 74.6. The summed E-state index contributed by atoms with van der Waals surface area (Å²) in [5.74, 6) is -12.5. The molecule has 0 saturated heterocycles.